The van der Waals surface area contributed by atoms with Crippen molar-refractivity contribution in [3.05, 3.63) is 81.7 Å². The molecular formula is C19H17ClN2O4S2. The third kappa shape index (κ3) is 5.56. The van der Waals surface area contributed by atoms with Gasteiger partial charge in [-0.1, -0.05) is 29.8 Å². The van der Waals surface area contributed by atoms with E-state index in [1.165, 1.54) is 6.07 Å². The number of rotatable bonds is 7. The highest BCUT2D eigenvalue weighted by Crippen LogP contribution is 2.21. The number of nitrogens with one attached hydrogen (secondary N) is 1. The SMILES string of the molecule is NS(=O)(=O)c1ccc(CNC(=O)c2cccc(OCc3cccc(Cl)c3)c2)s1. The summed E-state index contributed by atoms with van der Waals surface area (Å²) in [4.78, 5) is 13.1. The second-order valence-corrected chi connectivity index (χ2v) is 9.29. The first-order chi connectivity index (χ1) is 13.3. The normalized spacial score (nSPS) is 11.2. The number of amides is 1. The van der Waals surface area contributed by atoms with Crippen LogP contribution in [-0.4, -0.2) is 14.3 Å². The number of halogens is 1. The Morgan fingerprint density at radius 1 is 1.11 bits per heavy atom. The highest BCUT2D eigenvalue weighted by molar-refractivity contribution is 7.91. The van der Waals surface area contributed by atoms with Crippen LogP contribution in [-0.2, 0) is 23.2 Å². The van der Waals surface area contributed by atoms with Crippen molar-refractivity contribution in [1.82, 2.24) is 5.32 Å². The van der Waals surface area contributed by atoms with E-state index in [0.29, 0.717) is 27.8 Å². The van der Waals surface area contributed by atoms with E-state index in [1.54, 1.807) is 36.4 Å². The fourth-order valence-electron chi connectivity index (χ4n) is 2.40. The van der Waals surface area contributed by atoms with Gasteiger partial charge in [-0.05, 0) is 48.0 Å². The molecule has 28 heavy (non-hydrogen) atoms. The van der Waals surface area contributed by atoms with Crippen LogP contribution in [0, 0.1) is 0 Å². The average molecular weight is 437 g/mol. The number of thiophene rings is 1. The van der Waals surface area contributed by atoms with Crippen LogP contribution in [0.1, 0.15) is 20.8 Å². The predicted octanol–water partition coefficient (Wildman–Crippen LogP) is 3.56. The van der Waals surface area contributed by atoms with Gasteiger partial charge < -0.3 is 10.1 Å². The zero-order valence-corrected chi connectivity index (χ0v) is 17.0. The first-order valence-corrected chi connectivity index (χ1v) is 10.9. The molecule has 0 atom stereocenters. The second kappa shape index (κ2) is 8.74. The quantitative estimate of drug-likeness (QED) is 0.591. The summed E-state index contributed by atoms with van der Waals surface area (Å²) < 4.78 is 28.4. The van der Waals surface area contributed by atoms with Gasteiger partial charge in [0.1, 0.15) is 16.6 Å². The van der Waals surface area contributed by atoms with Crippen molar-refractivity contribution in [1.29, 1.82) is 0 Å². The van der Waals surface area contributed by atoms with Crippen molar-refractivity contribution < 1.29 is 17.9 Å². The molecule has 3 rings (SSSR count). The van der Waals surface area contributed by atoms with E-state index in [0.717, 1.165) is 16.9 Å². The molecule has 0 aliphatic heterocycles. The summed E-state index contributed by atoms with van der Waals surface area (Å²) in [5.41, 5.74) is 1.36. The Balaban J connectivity index is 1.59. The molecule has 146 valence electrons. The molecule has 3 N–H and O–H groups in total. The summed E-state index contributed by atoms with van der Waals surface area (Å²) in [6.07, 6.45) is 0. The van der Waals surface area contributed by atoms with Crippen molar-refractivity contribution in [3.63, 3.8) is 0 Å². The van der Waals surface area contributed by atoms with Gasteiger partial charge in [-0.25, -0.2) is 13.6 Å². The molecule has 1 amide bonds. The average Bonchev–Trinajstić information content (AvgIpc) is 3.14. The molecule has 0 aliphatic rings. The van der Waals surface area contributed by atoms with Gasteiger partial charge in [0.2, 0.25) is 10.0 Å². The third-order valence-corrected chi connectivity index (χ3v) is 6.49. The Bertz CT molecular complexity index is 1100. The van der Waals surface area contributed by atoms with Crippen molar-refractivity contribution in [2.45, 2.75) is 17.4 Å². The lowest BCUT2D eigenvalue weighted by atomic mass is 10.2. The standard InChI is InChI=1S/C19H17ClN2O4S2/c20-15-5-1-3-13(9-15)12-26-16-6-2-4-14(10-16)19(23)22-11-17-7-8-18(27-17)28(21,24)25/h1-10H,11-12H2,(H,22,23)(H2,21,24,25). The molecule has 0 bridgehead atoms. The molecule has 0 fully saturated rings. The van der Waals surface area contributed by atoms with E-state index in [4.69, 9.17) is 21.5 Å². The largest absolute Gasteiger partial charge is 0.489 e. The van der Waals surface area contributed by atoms with Crippen LogP contribution in [0.3, 0.4) is 0 Å². The summed E-state index contributed by atoms with van der Waals surface area (Å²) in [5.74, 6) is 0.263. The van der Waals surface area contributed by atoms with E-state index >= 15 is 0 Å². The van der Waals surface area contributed by atoms with E-state index in [9.17, 15) is 13.2 Å². The minimum absolute atomic E-state index is 0.0631. The minimum atomic E-state index is -3.73. The lowest BCUT2D eigenvalue weighted by molar-refractivity contribution is 0.0951. The van der Waals surface area contributed by atoms with Crippen molar-refractivity contribution in [3.8, 4) is 5.75 Å². The Morgan fingerprint density at radius 3 is 2.61 bits per heavy atom. The predicted molar refractivity (Wildman–Crippen MR) is 109 cm³/mol. The van der Waals surface area contributed by atoms with Crippen LogP contribution in [0.4, 0.5) is 0 Å². The minimum Gasteiger partial charge on any atom is -0.489 e. The molecule has 3 aromatic rings. The van der Waals surface area contributed by atoms with Gasteiger partial charge >= 0.3 is 0 Å². The summed E-state index contributed by atoms with van der Waals surface area (Å²) in [7, 11) is -3.73. The maximum atomic E-state index is 12.4. The Morgan fingerprint density at radius 2 is 1.89 bits per heavy atom. The number of carbonyl (C=O) groups is 1. The number of nitrogens with two attached hydrogens (primary N) is 1. The molecule has 0 aliphatic carbocycles. The molecule has 9 heteroatoms. The lowest BCUT2D eigenvalue weighted by Crippen LogP contribution is -2.22. The first-order valence-electron chi connectivity index (χ1n) is 8.18. The van der Waals surface area contributed by atoms with Crippen molar-refractivity contribution >= 4 is 38.9 Å². The molecule has 0 saturated heterocycles. The Hall–Kier alpha value is -2.39. The first kappa shape index (κ1) is 20.3. The Labute approximate surface area is 172 Å². The number of sulfonamides is 1. The highest BCUT2D eigenvalue weighted by Gasteiger charge is 2.12. The van der Waals surface area contributed by atoms with Crippen LogP contribution in [0.15, 0.2) is 64.9 Å². The van der Waals surface area contributed by atoms with Gasteiger partial charge in [0.15, 0.2) is 0 Å². The maximum Gasteiger partial charge on any atom is 0.251 e. The second-order valence-electron chi connectivity index (χ2n) is 5.89. The molecule has 0 unspecified atom stereocenters. The van der Waals surface area contributed by atoms with Gasteiger partial charge in [-0.15, -0.1) is 11.3 Å². The molecular weight excluding hydrogens is 420 g/mol. The number of benzene rings is 2. The summed E-state index contributed by atoms with van der Waals surface area (Å²) in [5, 5.41) is 8.47. The van der Waals surface area contributed by atoms with Crippen molar-refractivity contribution in [2.24, 2.45) is 5.14 Å². The zero-order chi connectivity index (χ0) is 20.1. The van der Waals surface area contributed by atoms with Crippen LogP contribution < -0.4 is 15.2 Å². The number of ether oxygens (including phenoxy) is 1. The van der Waals surface area contributed by atoms with E-state index in [1.807, 2.05) is 18.2 Å². The van der Waals surface area contributed by atoms with Crippen LogP contribution >= 0.6 is 22.9 Å². The molecule has 6 nitrogen and oxygen atoms in total. The monoisotopic (exact) mass is 436 g/mol. The van der Waals surface area contributed by atoms with Crippen molar-refractivity contribution in [2.75, 3.05) is 0 Å². The molecule has 1 heterocycles. The Kier molecular flexibility index (Phi) is 6.35. The maximum absolute atomic E-state index is 12.4. The van der Waals surface area contributed by atoms with Gasteiger partial charge in [0.25, 0.3) is 5.91 Å². The van der Waals surface area contributed by atoms with Crippen LogP contribution in [0.25, 0.3) is 0 Å². The number of hydrogen-bond acceptors (Lipinski definition) is 5. The van der Waals surface area contributed by atoms with Gasteiger partial charge in [-0.2, -0.15) is 0 Å². The van der Waals surface area contributed by atoms with E-state index in [-0.39, 0.29) is 16.7 Å². The zero-order valence-electron chi connectivity index (χ0n) is 14.6. The van der Waals surface area contributed by atoms with E-state index < -0.39 is 10.0 Å². The molecule has 0 spiro atoms. The van der Waals surface area contributed by atoms with Crippen LogP contribution in [0.5, 0.6) is 5.75 Å². The third-order valence-electron chi connectivity index (χ3n) is 3.73. The topological polar surface area (TPSA) is 98.5 Å². The number of carbonyl (C=O) groups excluding carboxylic acids is 1. The number of hydrogen-bond donors (Lipinski definition) is 2. The molecule has 2 aromatic carbocycles. The molecule has 1 aromatic heterocycles. The van der Waals surface area contributed by atoms with E-state index in [2.05, 4.69) is 5.32 Å². The summed E-state index contributed by atoms with van der Waals surface area (Å²) >= 11 is 6.98. The summed E-state index contributed by atoms with van der Waals surface area (Å²) in [6, 6.07) is 17.2. The highest BCUT2D eigenvalue weighted by atomic mass is 35.5. The van der Waals surface area contributed by atoms with Gasteiger partial charge in [0.05, 0.1) is 6.54 Å². The fraction of sp³-hybridized carbons (Fsp3) is 0.105. The van der Waals surface area contributed by atoms with Gasteiger partial charge in [0, 0.05) is 15.5 Å². The smallest absolute Gasteiger partial charge is 0.251 e. The fourth-order valence-corrected chi connectivity index (χ4v) is 4.33. The lowest BCUT2D eigenvalue weighted by Gasteiger charge is -2.09. The molecule has 0 saturated carbocycles. The summed E-state index contributed by atoms with van der Waals surface area (Å²) in [6.45, 7) is 0.532. The molecule has 0 radical (unpaired) electrons. The van der Waals surface area contributed by atoms with Crippen LogP contribution in [0.2, 0.25) is 5.02 Å². The number of primary sulfonamides is 1. The van der Waals surface area contributed by atoms with Gasteiger partial charge in [-0.3, -0.25) is 4.79 Å².